The number of carbonyl (C=O) groups excluding carboxylic acids is 3. The number of fused-ring (bicyclic) bond motifs is 2. The van der Waals surface area contributed by atoms with Crippen molar-refractivity contribution in [1.82, 2.24) is 5.32 Å². The number of rotatable bonds is 6. The number of amides is 3. The fraction of sp³-hybridized carbons (Fsp3) is 0.333. The van der Waals surface area contributed by atoms with Gasteiger partial charge < -0.3 is 19.9 Å². The van der Waals surface area contributed by atoms with Crippen molar-refractivity contribution < 1.29 is 19.1 Å². The van der Waals surface area contributed by atoms with Gasteiger partial charge in [-0.05, 0) is 48.4 Å². The zero-order chi connectivity index (χ0) is 27.6. The number of hydrogen-bond donors (Lipinski definition) is 1. The summed E-state index contributed by atoms with van der Waals surface area (Å²) in [7, 11) is 1.58. The molecule has 3 amide bonds. The molecule has 0 unspecified atom stereocenters. The summed E-state index contributed by atoms with van der Waals surface area (Å²) >= 11 is 0. The molecule has 196 valence electrons. The van der Waals surface area contributed by atoms with Gasteiger partial charge in [-0.2, -0.15) is 5.26 Å². The van der Waals surface area contributed by atoms with Gasteiger partial charge in [0.25, 0.3) is 5.91 Å². The molecule has 0 bridgehead atoms. The number of benzene rings is 3. The van der Waals surface area contributed by atoms with Crippen LogP contribution >= 0.6 is 0 Å². The molecule has 0 aliphatic carbocycles. The van der Waals surface area contributed by atoms with Crippen molar-refractivity contribution in [1.29, 1.82) is 5.26 Å². The highest BCUT2D eigenvalue weighted by Crippen LogP contribution is 2.39. The SMILES string of the molecule is CC[C@@H](C)C(=O)N[C@@H]1C(=O)N(Cc2c(OC)ccc3ccccc23)c2ccc(C#N)cc2N(C(C)=O)[C@H]1C. The van der Waals surface area contributed by atoms with E-state index in [4.69, 9.17) is 4.74 Å². The second kappa shape index (κ2) is 10.9. The Balaban J connectivity index is 1.93. The standard InChI is InChI=1S/C30H32N4O4/c1-6-18(2)29(36)32-28-19(3)34(20(4)35)26-15-21(16-31)11-13-25(26)33(30(28)37)17-24-23-10-8-7-9-22(23)12-14-27(24)38-5/h7-15,18-19,28H,6,17H2,1-5H3,(H,32,36)/t18-,19+,28+/m1/s1. The minimum atomic E-state index is -1.00. The summed E-state index contributed by atoms with van der Waals surface area (Å²) in [6.07, 6.45) is 0.611. The minimum Gasteiger partial charge on any atom is -0.496 e. The van der Waals surface area contributed by atoms with Gasteiger partial charge in [0.05, 0.1) is 42.7 Å². The lowest BCUT2D eigenvalue weighted by molar-refractivity contribution is -0.130. The van der Waals surface area contributed by atoms with Gasteiger partial charge in [-0.3, -0.25) is 14.4 Å². The van der Waals surface area contributed by atoms with Crippen molar-refractivity contribution in [2.24, 2.45) is 5.92 Å². The zero-order valence-electron chi connectivity index (χ0n) is 22.3. The van der Waals surface area contributed by atoms with Gasteiger partial charge in [-0.1, -0.05) is 44.2 Å². The second-order valence-corrected chi connectivity index (χ2v) is 9.63. The Morgan fingerprint density at radius 2 is 1.87 bits per heavy atom. The number of nitrogens with zero attached hydrogens (tertiary/aromatic N) is 3. The van der Waals surface area contributed by atoms with Crippen molar-refractivity contribution >= 4 is 39.9 Å². The largest absolute Gasteiger partial charge is 0.496 e. The molecule has 0 saturated carbocycles. The summed E-state index contributed by atoms with van der Waals surface area (Å²) in [5.74, 6) is -0.587. The molecule has 3 atom stereocenters. The fourth-order valence-corrected chi connectivity index (χ4v) is 4.99. The molecular weight excluding hydrogens is 480 g/mol. The summed E-state index contributed by atoms with van der Waals surface area (Å²) in [5.41, 5.74) is 2.08. The van der Waals surface area contributed by atoms with Crippen LogP contribution in [0.1, 0.15) is 45.2 Å². The smallest absolute Gasteiger partial charge is 0.252 e. The molecule has 4 rings (SSSR count). The molecule has 0 radical (unpaired) electrons. The van der Waals surface area contributed by atoms with E-state index in [9.17, 15) is 19.6 Å². The summed E-state index contributed by atoms with van der Waals surface area (Å²) in [4.78, 5) is 43.3. The van der Waals surface area contributed by atoms with Crippen molar-refractivity contribution in [3.05, 3.63) is 65.7 Å². The lowest BCUT2D eigenvalue weighted by atomic mass is 10.0. The van der Waals surface area contributed by atoms with Crippen LogP contribution in [0.15, 0.2) is 54.6 Å². The summed E-state index contributed by atoms with van der Waals surface area (Å²) in [6, 6.07) is 17.0. The Morgan fingerprint density at radius 1 is 1.13 bits per heavy atom. The molecule has 1 heterocycles. The molecule has 0 saturated heterocycles. The Labute approximate surface area is 222 Å². The van der Waals surface area contributed by atoms with E-state index in [1.54, 1.807) is 44.1 Å². The van der Waals surface area contributed by atoms with E-state index in [2.05, 4.69) is 11.4 Å². The predicted molar refractivity (Wildman–Crippen MR) is 147 cm³/mol. The molecular formula is C30H32N4O4. The average Bonchev–Trinajstić information content (AvgIpc) is 3.00. The van der Waals surface area contributed by atoms with Gasteiger partial charge >= 0.3 is 0 Å². The highest BCUT2D eigenvalue weighted by molar-refractivity contribution is 6.09. The third-order valence-corrected chi connectivity index (χ3v) is 7.31. The van der Waals surface area contributed by atoms with Crippen LogP contribution < -0.4 is 19.9 Å². The molecule has 1 aliphatic heterocycles. The molecule has 0 spiro atoms. The minimum absolute atomic E-state index is 0.135. The molecule has 8 nitrogen and oxygen atoms in total. The molecule has 8 heteroatoms. The summed E-state index contributed by atoms with van der Waals surface area (Å²) in [5, 5.41) is 14.4. The van der Waals surface area contributed by atoms with Crippen LogP contribution in [0.4, 0.5) is 11.4 Å². The highest BCUT2D eigenvalue weighted by Gasteiger charge is 2.42. The maximum absolute atomic E-state index is 14.3. The van der Waals surface area contributed by atoms with E-state index in [-0.39, 0.29) is 30.2 Å². The molecule has 0 fully saturated rings. The summed E-state index contributed by atoms with van der Waals surface area (Å²) in [6.45, 7) is 7.00. The van der Waals surface area contributed by atoms with Gasteiger partial charge in [0, 0.05) is 18.4 Å². The van der Waals surface area contributed by atoms with Crippen LogP contribution in [0.3, 0.4) is 0 Å². The number of hydrogen-bond acceptors (Lipinski definition) is 5. The molecule has 38 heavy (non-hydrogen) atoms. The predicted octanol–water partition coefficient (Wildman–Crippen LogP) is 4.54. The second-order valence-electron chi connectivity index (χ2n) is 9.63. The van der Waals surface area contributed by atoms with E-state index < -0.39 is 12.1 Å². The first kappa shape index (κ1) is 26.7. The third kappa shape index (κ3) is 4.80. The van der Waals surface area contributed by atoms with E-state index in [0.29, 0.717) is 29.1 Å². The first-order valence-corrected chi connectivity index (χ1v) is 12.7. The molecule has 1 aliphatic rings. The van der Waals surface area contributed by atoms with Gasteiger partial charge in [-0.25, -0.2) is 0 Å². The summed E-state index contributed by atoms with van der Waals surface area (Å²) < 4.78 is 5.69. The van der Waals surface area contributed by atoms with Crippen LogP contribution in [-0.4, -0.2) is 36.9 Å². The first-order valence-electron chi connectivity index (χ1n) is 12.7. The van der Waals surface area contributed by atoms with Crippen LogP contribution in [0.25, 0.3) is 10.8 Å². The van der Waals surface area contributed by atoms with Crippen LogP contribution in [-0.2, 0) is 20.9 Å². The van der Waals surface area contributed by atoms with E-state index >= 15 is 0 Å². The molecule has 3 aromatic rings. The van der Waals surface area contributed by atoms with Crippen LogP contribution in [0.2, 0.25) is 0 Å². The van der Waals surface area contributed by atoms with E-state index in [1.807, 2.05) is 43.3 Å². The quantitative estimate of drug-likeness (QED) is 0.522. The highest BCUT2D eigenvalue weighted by atomic mass is 16.5. The first-order chi connectivity index (χ1) is 18.2. The van der Waals surface area contributed by atoms with Crippen molar-refractivity contribution in [3.63, 3.8) is 0 Å². The van der Waals surface area contributed by atoms with E-state index in [0.717, 1.165) is 16.3 Å². The van der Waals surface area contributed by atoms with Crippen LogP contribution in [0, 0.1) is 17.2 Å². The van der Waals surface area contributed by atoms with Crippen molar-refractivity contribution in [2.75, 3.05) is 16.9 Å². The van der Waals surface area contributed by atoms with Gasteiger partial charge in [-0.15, -0.1) is 0 Å². The number of nitrogens with one attached hydrogen (secondary N) is 1. The maximum Gasteiger partial charge on any atom is 0.252 e. The monoisotopic (exact) mass is 512 g/mol. The molecule has 3 aromatic carbocycles. The van der Waals surface area contributed by atoms with Crippen molar-refractivity contribution in [2.45, 2.75) is 52.7 Å². The number of nitriles is 1. The van der Waals surface area contributed by atoms with Gasteiger partial charge in [0.1, 0.15) is 11.8 Å². The third-order valence-electron chi connectivity index (χ3n) is 7.31. The number of anilines is 2. The van der Waals surface area contributed by atoms with Crippen LogP contribution in [0.5, 0.6) is 5.75 Å². The maximum atomic E-state index is 14.3. The number of methoxy groups -OCH3 is 1. The topological polar surface area (TPSA) is 103 Å². The molecule has 1 N–H and O–H groups in total. The normalized spacial score (nSPS) is 17.8. The zero-order valence-corrected chi connectivity index (χ0v) is 22.3. The average molecular weight is 513 g/mol. The molecule has 0 aromatic heterocycles. The number of carbonyl (C=O) groups is 3. The Morgan fingerprint density at radius 3 is 2.53 bits per heavy atom. The van der Waals surface area contributed by atoms with E-state index in [1.165, 1.54) is 11.8 Å². The lowest BCUT2D eigenvalue weighted by Crippen LogP contribution is -2.58. The van der Waals surface area contributed by atoms with Crippen molar-refractivity contribution in [3.8, 4) is 11.8 Å². The Hall–Kier alpha value is -4.38. The van der Waals surface area contributed by atoms with Gasteiger partial charge in [0.2, 0.25) is 11.8 Å². The number of ether oxygens (including phenoxy) is 1. The fourth-order valence-electron chi connectivity index (χ4n) is 4.99. The van der Waals surface area contributed by atoms with Gasteiger partial charge in [0.15, 0.2) is 0 Å². The lowest BCUT2D eigenvalue weighted by Gasteiger charge is -2.32. The Bertz CT molecular complexity index is 1440. The Kier molecular flexibility index (Phi) is 7.67.